The van der Waals surface area contributed by atoms with Crippen molar-refractivity contribution in [3.8, 4) is 5.75 Å². The van der Waals surface area contributed by atoms with Gasteiger partial charge in [0.15, 0.2) is 0 Å². The van der Waals surface area contributed by atoms with Gasteiger partial charge in [-0.3, -0.25) is 0 Å². The van der Waals surface area contributed by atoms with E-state index < -0.39 is 0 Å². The summed E-state index contributed by atoms with van der Waals surface area (Å²) in [5, 5.41) is 5.24. The summed E-state index contributed by atoms with van der Waals surface area (Å²) in [6.07, 6.45) is 0.660. The van der Waals surface area contributed by atoms with Crippen LogP contribution in [0.25, 0.3) is 0 Å². The third-order valence-electron chi connectivity index (χ3n) is 3.39. The molecule has 5 heteroatoms. The number of likely N-dealkylation sites (N-methyl/N-ethyl adjacent to an activating group) is 1. The molecule has 0 bridgehead atoms. The number of nitrogens with one attached hydrogen (secondary N) is 1. The first-order valence-electron chi connectivity index (χ1n) is 6.50. The summed E-state index contributed by atoms with van der Waals surface area (Å²) in [6, 6.07) is 11.1. The Morgan fingerprint density at radius 2 is 1.76 bits per heavy atom. The highest BCUT2D eigenvalue weighted by molar-refractivity contribution is 6.36. The van der Waals surface area contributed by atoms with Crippen LogP contribution in [0.3, 0.4) is 0 Å². The Balaban J connectivity index is 2.37. The Labute approximate surface area is 140 Å². The topological polar surface area (TPSA) is 21.3 Å². The zero-order valence-electron chi connectivity index (χ0n) is 11.8. The van der Waals surface area contributed by atoms with E-state index in [-0.39, 0.29) is 6.04 Å². The second-order valence-corrected chi connectivity index (χ2v) is 5.88. The fourth-order valence-electron chi connectivity index (χ4n) is 2.27. The molecule has 112 valence electrons. The predicted octanol–water partition coefficient (Wildman–Crippen LogP) is 5.16. The smallest absolute Gasteiger partial charge is 0.125 e. The van der Waals surface area contributed by atoms with Gasteiger partial charge >= 0.3 is 0 Å². The Morgan fingerprint density at radius 3 is 2.33 bits per heavy atom. The minimum atomic E-state index is 0.0228. The van der Waals surface area contributed by atoms with Gasteiger partial charge in [0.25, 0.3) is 0 Å². The molecule has 0 heterocycles. The van der Waals surface area contributed by atoms with Gasteiger partial charge in [0.2, 0.25) is 0 Å². The number of benzene rings is 2. The molecule has 2 nitrogen and oxygen atoms in total. The molecule has 0 aliphatic rings. The number of halogens is 3. The molecular formula is C16H16Cl3NO. The lowest BCUT2D eigenvalue weighted by atomic mass is 9.98. The molecule has 0 spiro atoms. The molecule has 1 unspecified atom stereocenters. The maximum absolute atomic E-state index is 6.25. The monoisotopic (exact) mass is 343 g/mol. The van der Waals surface area contributed by atoms with Crippen LogP contribution in [0.1, 0.15) is 17.2 Å². The molecule has 0 aliphatic heterocycles. The Hall–Kier alpha value is -0.930. The number of rotatable bonds is 5. The van der Waals surface area contributed by atoms with Crippen LogP contribution in [-0.4, -0.2) is 14.2 Å². The van der Waals surface area contributed by atoms with Crippen molar-refractivity contribution in [3.63, 3.8) is 0 Å². The molecule has 2 aromatic carbocycles. The van der Waals surface area contributed by atoms with Gasteiger partial charge < -0.3 is 10.1 Å². The van der Waals surface area contributed by atoms with Gasteiger partial charge in [-0.2, -0.15) is 0 Å². The molecule has 0 radical (unpaired) electrons. The molecule has 0 saturated heterocycles. The zero-order valence-corrected chi connectivity index (χ0v) is 14.1. The Bertz CT molecular complexity index is 611. The van der Waals surface area contributed by atoms with E-state index in [0.29, 0.717) is 21.5 Å². The second kappa shape index (κ2) is 7.37. The van der Waals surface area contributed by atoms with E-state index in [9.17, 15) is 0 Å². The van der Waals surface area contributed by atoms with Gasteiger partial charge in [-0.25, -0.2) is 0 Å². The van der Waals surface area contributed by atoms with E-state index in [4.69, 9.17) is 39.5 Å². The van der Waals surface area contributed by atoms with Crippen LogP contribution in [0.2, 0.25) is 15.1 Å². The van der Waals surface area contributed by atoms with Crippen LogP contribution >= 0.6 is 34.8 Å². The Kier molecular flexibility index (Phi) is 5.77. The quantitative estimate of drug-likeness (QED) is 0.809. The average Bonchev–Trinajstić information content (AvgIpc) is 2.47. The first kappa shape index (κ1) is 16.4. The van der Waals surface area contributed by atoms with E-state index in [1.165, 1.54) is 0 Å². The zero-order chi connectivity index (χ0) is 15.4. The minimum Gasteiger partial charge on any atom is -0.496 e. The summed E-state index contributed by atoms with van der Waals surface area (Å²) in [5.74, 6) is 0.741. The van der Waals surface area contributed by atoms with Gasteiger partial charge in [-0.05, 0) is 43.3 Å². The molecule has 0 fully saturated rings. The highest BCUT2D eigenvalue weighted by Gasteiger charge is 2.18. The van der Waals surface area contributed by atoms with Gasteiger partial charge in [0.05, 0.1) is 7.11 Å². The molecule has 1 N–H and O–H groups in total. The molecule has 0 saturated carbocycles. The summed E-state index contributed by atoms with van der Waals surface area (Å²) in [5.41, 5.74) is 1.93. The summed E-state index contributed by atoms with van der Waals surface area (Å²) in [4.78, 5) is 0. The summed E-state index contributed by atoms with van der Waals surface area (Å²) >= 11 is 18.5. The highest BCUT2D eigenvalue weighted by Crippen LogP contribution is 2.33. The van der Waals surface area contributed by atoms with E-state index in [2.05, 4.69) is 5.32 Å². The van der Waals surface area contributed by atoms with E-state index in [1.807, 2.05) is 37.4 Å². The van der Waals surface area contributed by atoms with Gasteiger partial charge in [0, 0.05) is 26.7 Å². The molecule has 1 atom stereocenters. The molecule has 0 aliphatic carbocycles. The molecule has 0 amide bonds. The number of methoxy groups -OCH3 is 1. The normalized spacial score (nSPS) is 12.2. The third-order valence-corrected chi connectivity index (χ3v) is 4.33. The van der Waals surface area contributed by atoms with Crippen molar-refractivity contribution in [2.24, 2.45) is 0 Å². The Morgan fingerprint density at radius 1 is 1.10 bits per heavy atom. The predicted molar refractivity (Wildman–Crippen MR) is 90.0 cm³/mol. The average molecular weight is 345 g/mol. The standard InChI is InChI=1S/C16H16Cl3NO/c1-20-15(9-12-13(18)4-3-5-14(12)19)11-7-6-10(17)8-16(11)21-2/h3-8,15,20H,9H2,1-2H3. The van der Waals surface area contributed by atoms with E-state index in [1.54, 1.807) is 13.2 Å². The lowest BCUT2D eigenvalue weighted by Gasteiger charge is -2.21. The summed E-state index contributed by atoms with van der Waals surface area (Å²) in [7, 11) is 3.52. The van der Waals surface area contributed by atoms with Crippen LogP contribution < -0.4 is 10.1 Å². The highest BCUT2D eigenvalue weighted by atomic mass is 35.5. The van der Waals surface area contributed by atoms with Crippen molar-refractivity contribution in [2.75, 3.05) is 14.2 Å². The van der Waals surface area contributed by atoms with Crippen molar-refractivity contribution in [3.05, 3.63) is 62.6 Å². The fraction of sp³-hybridized carbons (Fsp3) is 0.250. The van der Waals surface area contributed by atoms with Gasteiger partial charge in [-0.15, -0.1) is 0 Å². The maximum Gasteiger partial charge on any atom is 0.125 e. The SMILES string of the molecule is CNC(Cc1c(Cl)cccc1Cl)c1ccc(Cl)cc1OC. The summed E-state index contributed by atoms with van der Waals surface area (Å²) in [6.45, 7) is 0. The van der Waals surface area contributed by atoms with Crippen LogP contribution in [-0.2, 0) is 6.42 Å². The molecule has 2 rings (SSSR count). The molecule has 2 aromatic rings. The van der Waals surface area contributed by atoms with Crippen LogP contribution in [0.5, 0.6) is 5.75 Å². The van der Waals surface area contributed by atoms with Crippen LogP contribution in [0.4, 0.5) is 0 Å². The first-order valence-corrected chi connectivity index (χ1v) is 7.63. The molecule has 21 heavy (non-hydrogen) atoms. The lowest BCUT2D eigenvalue weighted by Crippen LogP contribution is -2.20. The van der Waals surface area contributed by atoms with E-state index in [0.717, 1.165) is 16.9 Å². The van der Waals surface area contributed by atoms with Crippen molar-refractivity contribution < 1.29 is 4.74 Å². The van der Waals surface area contributed by atoms with Gasteiger partial charge in [0.1, 0.15) is 5.75 Å². The largest absolute Gasteiger partial charge is 0.496 e. The minimum absolute atomic E-state index is 0.0228. The maximum atomic E-state index is 6.25. The molecular weight excluding hydrogens is 329 g/mol. The van der Waals surface area contributed by atoms with Gasteiger partial charge in [-0.1, -0.05) is 46.9 Å². The van der Waals surface area contributed by atoms with Crippen molar-refractivity contribution in [1.82, 2.24) is 5.32 Å². The lowest BCUT2D eigenvalue weighted by molar-refractivity contribution is 0.401. The fourth-order valence-corrected chi connectivity index (χ4v) is 2.99. The van der Waals surface area contributed by atoms with Crippen LogP contribution in [0, 0.1) is 0 Å². The second-order valence-electron chi connectivity index (χ2n) is 4.63. The van der Waals surface area contributed by atoms with Crippen LogP contribution in [0.15, 0.2) is 36.4 Å². The first-order chi connectivity index (χ1) is 10.1. The van der Waals surface area contributed by atoms with Crippen molar-refractivity contribution >= 4 is 34.8 Å². The number of hydrogen-bond donors (Lipinski definition) is 1. The molecule has 0 aromatic heterocycles. The van der Waals surface area contributed by atoms with Crippen molar-refractivity contribution in [2.45, 2.75) is 12.5 Å². The number of hydrogen-bond acceptors (Lipinski definition) is 2. The number of ether oxygens (including phenoxy) is 1. The van der Waals surface area contributed by atoms with E-state index >= 15 is 0 Å². The summed E-state index contributed by atoms with van der Waals surface area (Å²) < 4.78 is 5.42. The third kappa shape index (κ3) is 3.83. The van der Waals surface area contributed by atoms with Crippen molar-refractivity contribution in [1.29, 1.82) is 0 Å².